The van der Waals surface area contributed by atoms with E-state index in [0.717, 1.165) is 6.66 Å². The van der Waals surface area contributed by atoms with Crippen molar-refractivity contribution in [2.24, 2.45) is 0 Å². The van der Waals surface area contributed by atoms with E-state index in [9.17, 15) is 30.1 Å². The lowest BCUT2D eigenvalue weighted by molar-refractivity contribution is -0.217. The van der Waals surface area contributed by atoms with Gasteiger partial charge in [0.2, 0.25) is 0 Å². The van der Waals surface area contributed by atoms with Crippen molar-refractivity contribution in [3.05, 3.63) is 0 Å². The second kappa shape index (κ2) is 4.67. The van der Waals surface area contributed by atoms with Gasteiger partial charge in [0.15, 0.2) is 0 Å². The van der Waals surface area contributed by atoms with Gasteiger partial charge >= 0.3 is 7.60 Å². The van der Waals surface area contributed by atoms with Crippen LogP contribution in [0.2, 0.25) is 0 Å². The summed E-state index contributed by atoms with van der Waals surface area (Å²) >= 11 is 0. The van der Waals surface area contributed by atoms with Crippen molar-refractivity contribution >= 4 is 7.60 Å². The summed E-state index contributed by atoms with van der Waals surface area (Å²) in [4.78, 5) is 8.93. The summed E-state index contributed by atoms with van der Waals surface area (Å²) in [5, 5.41) is 46.6. The van der Waals surface area contributed by atoms with Gasteiger partial charge in [0, 0.05) is 6.66 Å². The minimum Gasteiger partial charge on any atom is -0.387 e. The first-order chi connectivity index (χ1) is 7.15. The average Bonchev–Trinajstić information content (AvgIpc) is 2.17. The van der Waals surface area contributed by atoms with E-state index in [4.69, 9.17) is 4.89 Å². The van der Waals surface area contributed by atoms with Gasteiger partial charge in [-0.1, -0.05) is 0 Å². The van der Waals surface area contributed by atoms with Crippen LogP contribution >= 0.6 is 7.60 Å². The van der Waals surface area contributed by atoms with Crippen LogP contribution in [0, 0.1) is 0 Å². The summed E-state index contributed by atoms with van der Waals surface area (Å²) in [6.45, 7) is 0.830. The molecule has 0 spiro atoms. The monoisotopic (exact) mass is 258 g/mol. The molecular weight excluding hydrogens is 243 g/mol. The average molecular weight is 258 g/mol. The normalized spacial score (nSPS) is 48.7. The van der Waals surface area contributed by atoms with Crippen molar-refractivity contribution < 1.29 is 39.5 Å². The summed E-state index contributed by atoms with van der Waals surface area (Å²) < 4.78 is 15.4. The van der Waals surface area contributed by atoms with E-state index >= 15 is 0 Å². The lowest BCUT2D eigenvalue weighted by atomic mass is 9.85. The Labute approximate surface area is 91.3 Å². The summed E-state index contributed by atoms with van der Waals surface area (Å²) in [6.07, 6.45) is -10.5. The Balaban J connectivity index is 2.87. The molecule has 6 N–H and O–H groups in total. The van der Waals surface area contributed by atoms with Gasteiger partial charge < -0.3 is 30.4 Å². The third-order valence-corrected chi connectivity index (χ3v) is 3.02. The zero-order chi connectivity index (χ0) is 12.7. The molecule has 9 heteroatoms. The molecule has 3 unspecified atom stereocenters. The van der Waals surface area contributed by atoms with E-state index in [0.29, 0.717) is 0 Å². The molecule has 1 saturated carbocycles. The highest BCUT2D eigenvalue weighted by Crippen LogP contribution is 2.41. The molecule has 0 aromatic rings. The standard InChI is InChI=1S/C7H15O8P/c1-16(13,14)15-7-5(11)3(9)2(8)4(10)6(7)12/h2-12H,1H3,(H,13,14)/t2?,3-,4+,5-,6-,7?/m1/s1. The van der Waals surface area contributed by atoms with Gasteiger partial charge in [-0.3, -0.25) is 9.09 Å². The molecule has 0 saturated heterocycles. The predicted molar refractivity (Wildman–Crippen MR) is 50.7 cm³/mol. The topological polar surface area (TPSA) is 148 Å². The van der Waals surface area contributed by atoms with Gasteiger partial charge in [0.25, 0.3) is 0 Å². The van der Waals surface area contributed by atoms with Crippen LogP contribution in [-0.4, -0.2) is 73.7 Å². The third kappa shape index (κ3) is 2.79. The highest BCUT2D eigenvalue weighted by molar-refractivity contribution is 7.51. The molecule has 0 aromatic carbocycles. The maximum absolute atomic E-state index is 11.0. The SMILES string of the molecule is CP(=O)(O)OC1[C@H](O)[C@H](O)C(O)[C@H](O)[C@H]1O. The fourth-order valence-electron chi connectivity index (χ4n) is 1.55. The largest absolute Gasteiger partial charge is 0.387 e. The zero-order valence-corrected chi connectivity index (χ0v) is 9.31. The number of hydrogen-bond acceptors (Lipinski definition) is 7. The van der Waals surface area contributed by atoms with Crippen LogP contribution in [0.15, 0.2) is 0 Å². The first-order valence-corrected chi connectivity index (χ1v) is 6.56. The summed E-state index contributed by atoms with van der Waals surface area (Å²) in [5.41, 5.74) is 0. The smallest absolute Gasteiger partial charge is 0.325 e. The molecule has 1 rings (SSSR count). The number of rotatable bonds is 2. The van der Waals surface area contributed by atoms with Gasteiger partial charge in [-0.15, -0.1) is 0 Å². The molecule has 16 heavy (non-hydrogen) atoms. The van der Waals surface area contributed by atoms with Gasteiger partial charge in [-0.05, 0) is 0 Å². The van der Waals surface area contributed by atoms with Crippen LogP contribution in [0.4, 0.5) is 0 Å². The Hall–Kier alpha value is -0.0500. The van der Waals surface area contributed by atoms with Gasteiger partial charge in [-0.25, -0.2) is 0 Å². The molecule has 0 aliphatic heterocycles. The molecule has 1 aliphatic rings. The second-order valence-corrected chi connectivity index (χ2v) is 5.64. The van der Waals surface area contributed by atoms with Crippen LogP contribution < -0.4 is 0 Å². The van der Waals surface area contributed by atoms with Crippen LogP contribution in [0.3, 0.4) is 0 Å². The molecule has 1 fully saturated rings. The van der Waals surface area contributed by atoms with Crippen molar-refractivity contribution in [1.29, 1.82) is 0 Å². The quantitative estimate of drug-likeness (QED) is 0.287. The van der Waals surface area contributed by atoms with Crippen molar-refractivity contribution in [3.63, 3.8) is 0 Å². The van der Waals surface area contributed by atoms with E-state index in [-0.39, 0.29) is 0 Å². The molecular formula is C7H15O8P. The van der Waals surface area contributed by atoms with Gasteiger partial charge in [0.1, 0.15) is 36.6 Å². The van der Waals surface area contributed by atoms with Crippen molar-refractivity contribution in [3.8, 4) is 0 Å². The fraction of sp³-hybridized carbons (Fsp3) is 1.00. The Morgan fingerprint density at radius 1 is 0.875 bits per heavy atom. The van der Waals surface area contributed by atoms with Gasteiger partial charge in [-0.2, -0.15) is 0 Å². The minimum atomic E-state index is -4.01. The Morgan fingerprint density at radius 2 is 1.19 bits per heavy atom. The van der Waals surface area contributed by atoms with Crippen molar-refractivity contribution in [1.82, 2.24) is 0 Å². The fourth-order valence-corrected chi connectivity index (χ4v) is 2.25. The number of hydrogen-bond donors (Lipinski definition) is 6. The van der Waals surface area contributed by atoms with Crippen molar-refractivity contribution in [2.45, 2.75) is 36.6 Å². The molecule has 7 atom stereocenters. The Kier molecular flexibility index (Phi) is 4.09. The molecule has 0 heterocycles. The minimum absolute atomic E-state index is 0.830. The van der Waals surface area contributed by atoms with Crippen LogP contribution in [0.5, 0.6) is 0 Å². The Bertz CT molecular complexity index is 274. The molecule has 0 amide bonds. The molecule has 0 bridgehead atoms. The first kappa shape index (κ1) is 14.0. The first-order valence-electron chi connectivity index (χ1n) is 4.54. The summed E-state index contributed by atoms with van der Waals surface area (Å²) in [6, 6.07) is 0. The number of aliphatic hydroxyl groups excluding tert-OH is 5. The van der Waals surface area contributed by atoms with E-state index in [1.165, 1.54) is 0 Å². The Morgan fingerprint density at radius 3 is 1.50 bits per heavy atom. The zero-order valence-electron chi connectivity index (χ0n) is 8.41. The van der Waals surface area contributed by atoms with E-state index in [2.05, 4.69) is 4.52 Å². The lowest BCUT2D eigenvalue weighted by Gasteiger charge is -2.41. The third-order valence-electron chi connectivity index (χ3n) is 2.39. The van der Waals surface area contributed by atoms with E-state index in [1.54, 1.807) is 0 Å². The van der Waals surface area contributed by atoms with E-state index in [1.807, 2.05) is 0 Å². The highest BCUT2D eigenvalue weighted by atomic mass is 31.2. The van der Waals surface area contributed by atoms with Gasteiger partial charge in [0.05, 0.1) is 0 Å². The number of aliphatic hydroxyl groups is 5. The molecule has 96 valence electrons. The predicted octanol–water partition coefficient (Wildman–Crippen LogP) is -3.00. The van der Waals surface area contributed by atoms with Crippen molar-refractivity contribution in [2.75, 3.05) is 6.66 Å². The maximum atomic E-state index is 11.0. The molecule has 0 aromatic heterocycles. The molecule has 1 aliphatic carbocycles. The summed E-state index contributed by atoms with van der Waals surface area (Å²) in [5.74, 6) is 0. The van der Waals surface area contributed by atoms with Crippen LogP contribution in [0.1, 0.15) is 0 Å². The van der Waals surface area contributed by atoms with E-state index < -0.39 is 44.2 Å². The highest BCUT2D eigenvalue weighted by Gasteiger charge is 2.50. The molecule has 8 nitrogen and oxygen atoms in total. The van der Waals surface area contributed by atoms with Crippen LogP contribution in [0.25, 0.3) is 0 Å². The maximum Gasteiger partial charge on any atom is 0.325 e. The lowest BCUT2D eigenvalue weighted by Crippen LogP contribution is -2.64. The summed E-state index contributed by atoms with van der Waals surface area (Å²) in [7, 11) is -4.01. The van der Waals surface area contributed by atoms with Crippen LogP contribution in [-0.2, 0) is 9.09 Å². The second-order valence-electron chi connectivity index (χ2n) is 3.83. The molecule has 0 radical (unpaired) electrons.